The minimum absolute atomic E-state index is 0.639. The molecule has 0 rings (SSSR count). The van der Waals surface area contributed by atoms with Crippen molar-refractivity contribution in [1.29, 1.82) is 0 Å². The Bertz CT molecular complexity index is 431. The average Bonchev–Trinajstić information content (AvgIpc) is 2.98. The first kappa shape index (κ1) is 41.4. The van der Waals surface area contributed by atoms with Crippen molar-refractivity contribution < 1.29 is 0 Å². The Morgan fingerprint density at radius 3 is 0.854 bits per heavy atom. The third-order valence-electron chi connectivity index (χ3n) is 10.1. The number of rotatable bonds is 35. The molecule has 0 aromatic rings. The predicted molar refractivity (Wildman–Crippen MR) is 195 cm³/mol. The van der Waals surface area contributed by atoms with Crippen LogP contribution in [0, 0.1) is 5.41 Å². The highest BCUT2D eigenvalue weighted by molar-refractivity contribution is 7.80. The van der Waals surface area contributed by atoms with Gasteiger partial charge in [-0.3, -0.25) is 0 Å². The van der Waals surface area contributed by atoms with Gasteiger partial charge in [-0.05, 0) is 43.9 Å². The van der Waals surface area contributed by atoms with Gasteiger partial charge < -0.3 is 0 Å². The zero-order chi connectivity index (χ0) is 30.1. The van der Waals surface area contributed by atoms with Crippen molar-refractivity contribution in [1.82, 2.24) is 0 Å². The van der Waals surface area contributed by atoms with Crippen LogP contribution in [0.25, 0.3) is 0 Å². The SMILES string of the molecule is CCCCCCCCCCC(S)CCCCC(CCCCCCCC)(CCCCCCCC)CCCCCCCC. The molecule has 248 valence electrons. The minimum atomic E-state index is 0.639. The summed E-state index contributed by atoms with van der Waals surface area (Å²) in [6, 6.07) is 0. The second-order valence-electron chi connectivity index (χ2n) is 14.2. The van der Waals surface area contributed by atoms with Crippen LogP contribution < -0.4 is 0 Å². The van der Waals surface area contributed by atoms with Gasteiger partial charge in [-0.2, -0.15) is 12.6 Å². The first-order valence-electron chi connectivity index (χ1n) is 19.8. The van der Waals surface area contributed by atoms with Crippen molar-refractivity contribution in [3.63, 3.8) is 0 Å². The third kappa shape index (κ3) is 28.9. The summed E-state index contributed by atoms with van der Waals surface area (Å²) in [6.07, 6.45) is 49.1. The van der Waals surface area contributed by atoms with E-state index in [1.54, 1.807) is 0 Å². The summed E-state index contributed by atoms with van der Waals surface area (Å²) in [7, 11) is 0. The fourth-order valence-corrected chi connectivity index (χ4v) is 7.49. The maximum Gasteiger partial charge on any atom is 0.00168 e. The molecule has 0 saturated carbocycles. The Hall–Kier alpha value is 0.350. The van der Waals surface area contributed by atoms with E-state index in [1.807, 2.05) is 0 Å². The maximum atomic E-state index is 5.04. The second kappa shape index (κ2) is 33.2. The number of hydrogen-bond acceptors (Lipinski definition) is 1. The number of hydrogen-bond donors (Lipinski definition) is 1. The van der Waals surface area contributed by atoms with Gasteiger partial charge in [0.05, 0.1) is 0 Å². The van der Waals surface area contributed by atoms with Crippen molar-refractivity contribution in [3.05, 3.63) is 0 Å². The third-order valence-corrected chi connectivity index (χ3v) is 10.6. The van der Waals surface area contributed by atoms with Crippen LogP contribution in [0.5, 0.6) is 0 Å². The van der Waals surface area contributed by atoms with E-state index in [9.17, 15) is 0 Å². The summed E-state index contributed by atoms with van der Waals surface area (Å²) in [5, 5.41) is 0.639. The van der Waals surface area contributed by atoms with Crippen LogP contribution in [-0.2, 0) is 0 Å². The topological polar surface area (TPSA) is 0 Å². The van der Waals surface area contributed by atoms with E-state index in [0.717, 1.165) is 0 Å². The Labute approximate surface area is 268 Å². The Kier molecular flexibility index (Phi) is 33.5. The van der Waals surface area contributed by atoms with Crippen LogP contribution in [0.3, 0.4) is 0 Å². The quantitative estimate of drug-likeness (QED) is 0.0547. The van der Waals surface area contributed by atoms with Gasteiger partial charge >= 0.3 is 0 Å². The Balaban J connectivity index is 4.71. The van der Waals surface area contributed by atoms with Crippen molar-refractivity contribution in [3.8, 4) is 0 Å². The summed E-state index contributed by atoms with van der Waals surface area (Å²) in [5.41, 5.74) is 0.643. The van der Waals surface area contributed by atoms with Crippen LogP contribution in [0.2, 0.25) is 0 Å². The number of thiol groups is 1. The summed E-state index contributed by atoms with van der Waals surface area (Å²) in [5.74, 6) is 0. The molecule has 1 heteroatoms. The minimum Gasteiger partial charge on any atom is -0.176 e. The van der Waals surface area contributed by atoms with Gasteiger partial charge in [0.2, 0.25) is 0 Å². The van der Waals surface area contributed by atoms with Gasteiger partial charge in [-0.1, -0.05) is 207 Å². The second-order valence-corrected chi connectivity index (χ2v) is 14.9. The molecule has 0 aromatic heterocycles. The molecule has 0 bridgehead atoms. The Morgan fingerprint density at radius 2 is 0.537 bits per heavy atom. The summed E-state index contributed by atoms with van der Waals surface area (Å²) < 4.78 is 0. The van der Waals surface area contributed by atoms with Crippen molar-refractivity contribution >= 4 is 12.6 Å². The number of unbranched alkanes of at least 4 members (excludes halogenated alkanes) is 23. The normalized spacial score (nSPS) is 12.8. The van der Waals surface area contributed by atoms with E-state index in [0.29, 0.717) is 10.7 Å². The maximum absolute atomic E-state index is 5.04. The molecule has 0 radical (unpaired) electrons. The fourth-order valence-electron chi connectivity index (χ4n) is 7.13. The molecule has 0 aliphatic heterocycles. The molecule has 1 unspecified atom stereocenters. The summed E-state index contributed by atoms with van der Waals surface area (Å²) >= 11 is 5.04. The molecule has 0 amide bonds. The standard InChI is InChI=1S/C40H82S/c1-5-9-13-17-21-22-23-27-33-39(41)34-28-32-38-40(35-29-24-18-14-10-6-2,36-30-25-19-15-11-7-3)37-31-26-20-16-12-8-4/h39,41H,5-38H2,1-4H3. The van der Waals surface area contributed by atoms with Gasteiger partial charge in [0.15, 0.2) is 0 Å². The van der Waals surface area contributed by atoms with E-state index < -0.39 is 0 Å². The Morgan fingerprint density at radius 1 is 0.317 bits per heavy atom. The van der Waals surface area contributed by atoms with Crippen molar-refractivity contribution in [2.45, 2.75) is 251 Å². The zero-order valence-electron chi connectivity index (χ0n) is 29.6. The first-order chi connectivity index (χ1) is 20.1. The molecule has 0 saturated heterocycles. The molecule has 0 nitrogen and oxygen atoms in total. The lowest BCUT2D eigenvalue weighted by Gasteiger charge is -2.35. The molecule has 0 heterocycles. The molecular weight excluding hydrogens is 513 g/mol. The molecule has 0 aromatic carbocycles. The van der Waals surface area contributed by atoms with Crippen LogP contribution in [0.4, 0.5) is 0 Å². The molecule has 0 aliphatic carbocycles. The van der Waals surface area contributed by atoms with E-state index in [-0.39, 0.29) is 0 Å². The monoisotopic (exact) mass is 595 g/mol. The molecule has 0 spiro atoms. The molecule has 0 aliphatic rings. The summed E-state index contributed by atoms with van der Waals surface area (Å²) in [4.78, 5) is 0. The lowest BCUT2D eigenvalue weighted by molar-refractivity contribution is 0.171. The molecule has 0 fully saturated rings. The fraction of sp³-hybridized carbons (Fsp3) is 1.00. The van der Waals surface area contributed by atoms with Crippen molar-refractivity contribution in [2.75, 3.05) is 0 Å². The highest BCUT2D eigenvalue weighted by Crippen LogP contribution is 2.42. The molecule has 0 N–H and O–H groups in total. The lowest BCUT2D eigenvalue weighted by atomic mass is 9.70. The first-order valence-corrected chi connectivity index (χ1v) is 20.3. The van der Waals surface area contributed by atoms with Crippen LogP contribution >= 0.6 is 12.6 Å². The van der Waals surface area contributed by atoms with E-state index in [2.05, 4.69) is 27.7 Å². The average molecular weight is 595 g/mol. The smallest absolute Gasteiger partial charge is 0.00168 e. The van der Waals surface area contributed by atoms with Gasteiger partial charge in [-0.25, -0.2) is 0 Å². The van der Waals surface area contributed by atoms with Gasteiger partial charge in [0.25, 0.3) is 0 Å². The van der Waals surface area contributed by atoms with Gasteiger partial charge in [-0.15, -0.1) is 0 Å². The molecular formula is C40H82S. The van der Waals surface area contributed by atoms with Crippen LogP contribution in [-0.4, -0.2) is 5.25 Å². The van der Waals surface area contributed by atoms with E-state index in [4.69, 9.17) is 12.6 Å². The molecule has 1 atom stereocenters. The summed E-state index contributed by atoms with van der Waals surface area (Å²) in [6.45, 7) is 9.35. The highest BCUT2D eigenvalue weighted by atomic mass is 32.1. The largest absolute Gasteiger partial charge is 0.176 e. The molecule has 41 heavy (non-hydrogen) atoms. The zero-order valence-corrected chi connectivity index (χ0v) is 30.5. The van der Waals surface area contributed by atoms with E-state index in [1.165, 1.54) is 218 Å². The highest BCUT2D eigenvalue weighted by Gasteiger charge is 2.28. The van der Waals surface area contributed by atoms with Crippen LogP contribution in [0.15, 0.2) is 0 Å². The van der Waals surface area contributed by atoms with Gasteiger partial charge in [0, 0.05) is 5.25 Å². The lowest BCUT2D eigenvalue weighted by Crippen LogP contribution is -2.22. The van der Waals surface area contributed by atoms with Crippen molar-refractivity contribution in [2.24, 2.45) is 5.41 Å². The van der Waals surface area contributed by atoms with Crippen LogP contribution in [0.1, 0.15) is 246 Å². The predicted octanol–water partition coefficient (Wildman–Crippen LogP) is 15.6. The van der Waals surface area contributed by atoms with E-state index >= 15 is 0 Å². The van der Waals surface area contributed by atoms with Gasteiger partial charge in [0.1, 0.15) is 0 Å².